The second-order valence-electron chi connectivity index (χ2n) is 7.36. The van der Waals surface area contributed by atoms with Gasteiger partial charge >= 0.3 is 0 Å². The van der Waals surface area contributed by atoms with Crippen molar-refractivity contribution in [1.82, 2.24) is 9.21 Å². The van der Waals surface area contributed by atoms with Crippen LogP contribution >= 0.6 is 0 Å². The van der Waals surface area contributed by atoms with Gasteiger partial charge < -0.3 is 4.90 Å². The third-order valence-corrected chi connectivity index (χ3v) is 7.04. The molecule has 0 radical (unpaired) electrons. The summed E-state index contributed by atoms with van der Waals surface area (Å²) in [6.45, 7) is 2.94. The number of piperazine rings is 1. The molecule has 4 rings (SSSR count). The Morgan fingerprint density at radius 3 is 2.34 bits per heavy atom. The van der Waals surface area contributed by atoms with Crippen LogP contribution in [0.5, 0.6) is 0 Å². The van der Waals surface area contributed by atoms with Gasteiger partial charge in [-0.25, -0.2) is 8.42 Å². The van der Waals surface area contributed by atoms with Gasteiger partial charge in [-0.1, -0.05) is 48.5 Å². The molecular formula is C22H25N3O3S. The lowest BCUT2D eigenvalue weighted by Gasteiger charge is -2.33. The van der Waals surface area contributed by atoms with Crippen LogP contribution < -0.4 is 4.90 Å². The first-order valence-corrected chi connectivity index (χ1v) is 11.4. The minimum Gasteiger partial charge on any atom is -0.311 e. The number of rotatable bonds is 5. The Hall–Kier alpha value is -2.48. The van der Waals surface area contributed by atoms with Crippen LogP contribution in [0.2, 0.25) is 0 Å². The third kappa shape index (κ3) is 4.58. The highest BCUT2D eigenvalue weighted by molar-refractivity contribution is 7.92. The van der Waals surface area contributed by atoms with E-state index in [4.69, 9.17) is 0 Å². The number of sulfonamides is 1. The average molecular weight is 412 g/mol. The number of amides is 1. The van der Waals surface area contributed by atoms with E-state index in [-0.39, 0.29) is 5.91 Å². The number of para-hydroxylation sites is 1. The van der Waals surface area contributed by atoms with Crippen LogP contribution in [0.3, 0.4) is 0 Å². The van der Waals surface area contributed by atoms with E-state index in [0.717, 1.165) is 24.2 Å². The fraction of sp³-hybridized carbons (Fsp3) is 0.318. The molecule has 0 N–H and O–H groups in total. The van der Waals surface area contributed by atoms with E-state index in [2.05, 4.69) is 6.07 Å². The standard InChI is InChI=1S/C22H25N3O3S/c26-22(25-12-10-20-8-4-5-9-21(20)25)18-23-13-15-24(16-14-23)29(27,28)17-11-19-6-2-1-3-7-19/h1-9,11,17H,10,12-16,18H2/b17-11-. The van der Waals surface area contributed by atoms with Crippen molar-refractivity contribution < 1.29 is 13.2 Å². The van der Waals surface area contributed by atoms with E-state index in [9.17, 15) is 13.2 Å². The first-order valence-electron chi connectivity index (χ1n) is 9.87. The Morgan fingerprint density at radius 1 is 0.897 bits per heavy atom. The van der Waals surface area contributed by atoms with Gasteiger partial charge in [-0.05, 0) is 29.7 Å². The summed E-state index contributed by atoms with van der Waals surface area (Å²) in [5.41, 5.74) is 3.07. The SMILES string of the molecule is O=C(CN1CCN(S(=O)(=O)/C=C\c2ccccc2)CC1)N1CCc2ccccc21. The number of carbonyl (C=O) groups excluding carboxylic acids is 1. The van der Waals surface area contributed by atoms with Gasteiger partial charge in [0.15, 0.2) is 0 Å². The highest BCUT2D eigenvalue weighted by Gasteiger charge is 2.29. The molecule has 1 fully saturated rings. The zero-order valence-corrected chi connectivity index (χ0v) is 17.1. The normalized spacial score (nSPS) is 18.3. The number of nitrogens with zero attached hydrogens (tertiary/aromatic N) is 3. The Labute approximate surface area is 172 Å². The number of hydrogen-bond donors (Lipinski definition) is 0. The Bertz CT molecular complexity index is 997. The number of fused-ring (bicyclic) bond motifs is 1. The van der Waals surface area contributed by atoms with Gasteiger partial charge in [0.05, 0.1) is 6.54 Å². The van der Waals surface area contributed by atoms with Crippen LogP contribution in [-0.4, -0.2) is 62.8 Å². The molecule has 2 heterocycles. The minimum absolute atomic E-state index is 0.0789. The molecule has 0 saturated carbocycles. The Balaban J connectivity index is 1.31. The predicted molar refractivity (Wildman–Crippen MR) is 115 cm³/mol. The lowest BCUT2D eigenvalue weighted by Crippen LogP contribution is -2.51. The Morgan fingerprint density at radius 2 is 1.59 bits per heavy atom. The van der Waals surface area contributed by atoms with Crippen LogP contribution in [0.15, 0.2) is 60.0 Å². The molecule has 1 amide bonds. The van der Waals surface area contributed by atoms with Crippen molar-refractivity contribution in [2.45, 2.75) is 6.42 Å². The summed E-state index contributed by atoms with van der Waals surface area (Å²) in [5, 5.41) is 1.27. The molecule has 0 aromatic heterocycles. The molecule has 0 spiro atoms. The lowest BCUT2D eigenvalue weighted by molar-refractivity contribution is -0.119. The smallest absolute Gasteiger partial charge is 0.241 e. The summed E-state index contributed by atoms with van der Waals surface area (Å²) in [6, 6.07) is 17.4. The zero-order chi connectivity index (χ0) is 20.3. The summed E-state index contributed by atoms with van der Waals surface area (Å²) in [4.78, 5) is 16.6. The molecule has 2 aromatic rings. The molecule has 152 valence electrons. The third-order valence-electron chi connectivity index (χ3n) is 5.47. The maximum absolute atomic E-state index is 12.8. The molecule has 0 atom stereocenters. The van der Waals surface area contributed by atoms with E-state index < -0.39 is 10.0 Å². The van der Waals surface area contributed by atoms with Crippen molar-refractivity contribution in [3.05, 3.63) is 71.1 Å². The van der Waals surface area contributed by atoms with Crippen molar-refractivity contribution in [3.63, 3.8) is 0 Å². The first kappa shape index (κ1) is 19.8. The number of benzene rings is 2. The molecule has 0 bridgehead atoms. The van der Waals surface area contributed by atoms with Crippen molar-refractivity contribution >= 4 is 27.7 Å². The topological polar surface area (TPSA) is 60.9 Å². The van der Waals surface area contributed by atoms with Crippen LogP contribution in [-0.2, 0) is 21.2 Å². The number of carbonyl (C=O) groups is 1. The quantitative estimate of drug-likeness (QED) is 0.757. The summed E-state index contributed by atoms with van der Waals surface area (Å²) in [6.07, 6.45) is 2.51. The van der Waals surface area contributed by atoms with Gasteiger partial charge in [0, 0.05) is 43.8 Å². The van der Waals surface area contributed by atoms with Gasteiger partial charge in [0.2, 0.25) is 15.9 Å². The van der Waals surface area contributed by atoms with Gasteiger partial charge in [0.25, 0.3) is 0 Å². The molecular weight excluding hydrogens is 386 g/mol. The van der Waals surface area contributed by atoms with Crippen molar-refractivity contribution in [2.24, 2.45) is 0 Å². The van der Waals surface area contributed by atoms with Crippen LogP contribution in [0.25, 0.3) is 6.08 Å². The second kappa shape index (κ2) is 8.49. The summed E-state index contributed by atoms with van der Waals surface area (Å²) < 4.78 is 26.6. The van der Waals surface area contributed by atoms with Gasteiger partial charge in [-0.3, -0.25) is 9.69 Å². The molecule has 2 aliphatic rings. The van der Waals surface area contributed by atoms with Gasteiger partial charge in [0.1, 0.15) is 0 Å². The molecule has 0 unspecified atom stereocenters. The van der Waals surface area contributed by atoms with Crippen LogP contribution in [0.4, 0.5) is 5.69 Å². The van der Waals surface area contributed by atoms with Crippen molar-refractivity contribution in [2.75, 3.05) is 44.2 Å². The number of hydrogen-bond acceptors (Lipinski definition) is 4. The lowest BCUT2D eigenvalue weighted by atomic mass is 10.2. The monoisotopic (exact) mass is 411 g/mol. The minimum atomic E-state index is -3.46. The largest absolute Gasteiger partial charge is 0.311 e. The molecule has 7 heteroatoms. The molecule has 0 aliphatic carbocycles. The maximum Gasteiger partial charge on any atom is 0.241 e. The van der Waals surface area contributed by atoms with E-state index in [1.807, 2.05) is 58.3 Å². The fourth-order valence-electron chi connectivity index (χ4n) is 3.83. The second-order valence-corrected chi connectivity index (χ2v) is 9.18. The molecule has 29 heavy (non-hydrogen) atoms. The Kier molecular flexibility index (Phi) is 5.80. The zero-order valence-electron chi connectivity index (χ0n) is 16.3. The fourth-order valence-corrected chi connectivity index (χ4v) is 5.00. The molecule has 1 saturated heterocycles. The maximum atomic E-state index is 12.8. The summed E-state index contributed by atoms with van der Waals surface area (Å²) in [5.74, 6) is 0.0789. The van der Waals surface area contributed by atoms with Crippen LogP contribution in [0.1, 0.15) is 11.1 Å². The van der Waals surface area contributed by atoms with E-state index in [1.165, 1.54) is 15.3 Å². The molecule has 2 aliphatic heterocycles. The van der Waals surface area contributed by atoms with Gasteiger partial charge in [-0.2, -0.15) is 4.31 Å². The average Bonchev–Trinajstić information content (AvgIpc) is 3.18. The summed E-state index contributed by atoms with van der Waals surface area (Å²) >= 11 is 0. The van der Waals surface area contributed by atoms with Crippen molar-refractivity contribution in [3.8, 4) is 0 Å². The highest BCUT2D eigenvalue weighted by atomic mass is 32.2. The highest BCUT2D eigenvalue weighted by Crippen LogP contribution is 2.27. The molecule has 2 aromatic carbocycles. The van der Waals surface area contributed by atoms with Crippen LogP contribution in [0, 0.1) is 0 Å². The van der Waals surface area contributed by atoms with Crippen molar-refractivity contribution in [1.29, 1.82) is 0 Å². The number of anilines is 1. The molecule has 6 nitrogen and oxygen atoms in total. The predicted octanol–water partition coefficient (Wildman–Crippen LogP) is 2.19. The summed E-state index contributed by atoms with van der Waals surface area (Å²) in [7, 11) is -3.46. The van der Waals surface area contributed by atoms with E-state index >= 15 is 0 Å². The van der Waals surface area contributed by atoms with Gasteiger partial charge in [-0.15, -0.1) is 0 Å². The first-order chi connectivity index (χ1) is 14.0. The van der Waals surface area contributed by atoms with E-state index in [1.54, 1.807) is 6.08 Å². The van der Waals surface area contributed by atoms with E-state index in [0.29, 0.717) is 32.7 Å².